The van der Waals surface area contributed by atoms with Crippen LogP contribution in [0.4, 0.5) is 5.69 Å². The van der Waals surface area contributed by atoms with E-state index in [4.69, 9.17) is 4.74 Å². The number of benzene rings is 1. The Balaban J connectivity index is 2.27. The minimum Gasteiger partial charge on any atom is -0.385 e. The molecule has 17 heavy (non-hydrogen) atoms. The average Bonchev–Trinajstić information content (AvgIpc) is 2.35. The van der Waals surface area contributed by atoms with Gasteiger partial charge in [-0.15, -0.1) is 0 Å². The molecule has 0 fully saturated rings. The Kier molecular flexibility index (Phi) is 6.10. The highest BCUT2D eigenvalue weighted by atomic mass is 16.5. The number of hydrogen-bond donors (Lipinski definition) is 2. The quantitative estimate of drug-likeness (QED) is 0.708. The van der Waals surface area contributed by atoms with Crippen LogP contribution < -0.4 is 10.6 Å². The lowest BCUT2D eigenvalue weighted by Crippen LogP contribution is -2.38. The molecule has 94 valence electrons. The number of methoxy groups -OCH3 is 1. The number of nitrogens with one attached hydrogen (secondary N) is 2. The number of rotatable bonds is 7. The van der Waals surface area contributed by atoms with Crippen molar-refractivity contribution in [1.29, 1.82) is 0 Å². The zero-order valence-electron chi connectivity index (χ0n) is 10.4. The summed E-state index contributed by atoms with van der Waals surface area (Å²) in [5.41, 5.74) is 0.951. The molecule has 1 aromatic rings. The first-order valence-corrected chi connectivity index (χ1v) is 5.82. The molecule has 0 heterocycles. The molecule has 4 heteroatoms. The first-order valence-electron chi connectivity index (χ1n) is 5.82. The standard InChI is InChI=1S/C13H20N2O2/c1-11(13(16)14-9-6-10-17-2)15-12-7-4-3-5-8-12/h3-5,7-8,11,15H,6,9-10H2,1-2H3,(H,14,16). The summed E-state index contributed by atoms with van der Waals surface area (Å²) in [4.78, 5) is 11.7. The van der Waals surface area contributed by atoms with Gasteiger partial charge in [-0.3, -0.25) is 4.79 Å². The van der Waals surface area contributed by atoms with Gasteiger partial charge in [0.25, 0.3) is 0 Å². The van der Waals surface area contributed by atoms with Crippen LogP contribution in [0.15, 0.2) is 30.3 Å². The maximum Gasteiger partial charge on any atom is 0.242 e. The van der Waals surface area contributed by atoms with E-state index in [1.165, 1.54) is 0 Å². The molecule has 1 atom stereocenters. The van der Waals surface area contributed by atoms with E-state index in [1.54, 1.807) is 7.11 Å². The van der Waals surface area contributed by atoms with Crippen molar-refractivity contribution in [3.05, 3.63) is 30.3 Å². The molecule has 0 aromatic heterocycles. The van der Waals surface area contributed by atoms with Gasteiger partial charge in [-0.1, -0.05) is 18.2 Å². The lowest BCUT2D eigenvalue weighted by molar-refractivity contribution is -0.121. The number of hydrogen-bond acceptors (Lipinski definition) is 3. The van der Waals surface area contributed by atoms with Gasteiger partial charge in [-0.05, 0) is 25.5 Å². The number of para-hydroxylation sites is 1. The fourth-order valence-electron chi connectivity index (χ4n) is 1.43. The molecule has 0 spiro atoms. The summed E-state index contributed by atoms with van der Waals surface area (Å²) in [5.74, 6) is 0.00459. The summed E-state index contributed by atoms with van der Waals surface area (Å²) in [6, 6.07) is 9.46. The minimum atomic E-state index is -0.236. The molecule has 1 amide bonds. The van der Waals surface area contributed by atoms with Gasteiger partial charge >= 0.3 is 0 Å². The minimum absolute atomic E-state index is 0.00459. The first kappa shape index (κ1) is 13.5. The normalized spacial score (nSPS) is 11.9. The number of anilines is 1. The van der Waals surface area contributed by atoms with Gasteiger partial charge in [0.05, 0.1) is 0 Å². The van der Waals surface area contributed by atoms with E-state index in [-0.39, 0.29) is 11.9 Å². The van der Waals surface area contributed by atoms with Gasteiger partial charge in [0, 0.05) is 25.9 Å². The Hall–Kier alpha value is -1.55. The van der Waals surface area contributed by atoms with Crippen LogP contribution in [0, 0.1) is 0 Å². The monoisotopic (exact) mass is 236 g/mol. The molecule has 1 unspecified atom stereocenters. The highest BCUT2D eigenvalue weighted by Gasteiger charge is 2.11. The molecular weight excluding hydrogens is 216 g/mol. The van der Waals surface area contributed by atoms with Crippen molar-refractivity contribution in [1.82, 2.24) is 5.32 Å². The topological polar surface area (TPSA) is 50.4 Å². The maximum atomic E-state index is 11.7. The number of amides is 1. The van der Waals surface area contributed by atoms with Crippen molar-refractivity contribution in [2.75, 3.05) is 25.6 Å². The van der Waals surface area contributed by atoms with Gasteiger partial charge in [0.2, 0.25) is 5.91 Å². The molecule has 0 saturated heterocycles. The zero-order valence-corrected chi connectivity index (χ0v) is 10.4. The molecule has 1 aromatic carbocycles. The van der Waals surface area contributed by atoms with E-state index in [2.05, 4.69) is 10.6 Å². The third-order valence-electron chi connectivity index (χ3n) is 2.37. The largest absolute Gasteiger partial charge is 0.385 e. The van der Waals surface area contributed by atoms with Crippen molar-refractivity contribution in [2.45, 2.75) is 19.4 Å². The smallest absolute Gasteiger partial charge is 0.242 e. The van der Waals surface area contributed by atoms with Gasteiger partial charge < -0.3 is 15.4 Å². The highest BCUT2D eigenvalue weighted by molar-refractivity contribution is 5.84. The molecule has 0 radical (unpaired) electrons. The summed E-state index contributed by atoms with van der Waals surface area (Å²) >= 11 is 0. The van der Waals surface area contributed by atoms with E-state index >= 15 is 0 Å². The van der Waals surface area contributed by atoms with Crippen molar-refractivity contribution < 1.29 is 9.53 Å². The van der Waals surface area contributed by atoms with Crippen LogP contribution in [-0.4, -0.2) is 32.2 Å². The molecule has 2 N–H and O–H groups in total. The van der Waals surface area contributed by atoms with Crippen molar-refractivity contribution in [2.24, 2.45) is 0 Å². The zero-order chi connectivity index (χ0) is 12.5. The van der Waals surface area contributed by atoms with Crippen LogP contribution in [0.5, 0.6) is 0 Å². The van der Waals surface area contributed by atoms with E-state index in [0.29, 0.717) is 13.2 Å². The molecular formula is C13H20N2O2. The number of carbonyl (C=O) groups is 1. The van der Waals surface area contributed by atoms with E-state index < -0.39 is 0 Å². The third-order valence-corrected chi connectivity index (χ3v) is 2.37. The van der Waals surface area contributed by atoms with Crippen LogP contribution in [-0.2, 0) is 9.53 Å². The Morgan fingerprint density at radius 1 is 1.35 bits per heavy atom. The van der Waals surface area contributed by atoms with Crippen molar-refractivity contribution >= 4 is 11.6 Å². The summed E-state index contributed by atoms with van der Waals surface area (Å²) in [7, 11) is 1.65. The van der Waals surface area contributed by atoms with E-state index in [9.17, 15) is 4.79 Å². The molecule has 0 saturated carbocycles. The highest BCUT2D eigenvalue weighted by Crippen LogP contribution is 2.06. The predicted octanol–water partition coefficient (Wildman–Crippen LogP) is 1.64. The molecule has 0 bridgehead atoms. The Morgan fingerprint density at radius 2 is 2.06 bits per heavy atom. The van der Waals surface area contributed by atoms with E-state index in [1.807, 2.05) is 37.3 Å². The fourth-order valence-corrected chi connectivity index (χ4v) is 1.43. The van der Waals surface area contributed by atoms with Crippen LogP contribution in [0.2, 0.25) is 0 Å². The maximum absolute atomic E-state index is 11.7. The summed E-state index contributed by atoms with van der Waals surface area (Å²) in [6.45, 7) is 3.16. The van der Waals surface area contributed by atoms with Gasteiger partial charge in [-0.25, -0.2) is 0 Å². The second-order valence-electron chi connectivity index (χ2n) is 3.87. The molecule has 0 aliphatic carbocycles. The van der Waals surface area contributed by atoms with Crippen LogP contribution in [0.3, 0.4) is 0 Å². The first-order chi connectivity index (χ1) is 8.24. The van der Waals surface area contributed by atoms with Crippen LogP contribution in [0.1, 0.15) is 13.3 Å². The SMILES string of the molecule is COCCCNC(=O)C(C)Nc1ccccc1. The van der Waals surface area contributed by atoms with Crippen LogP contribution in [0.25, 0.3) is 0 Å². The predicted molar refractivity (Wildman–Crippen MR) is 69.0 cm³/mol. The Morgan fingerprint density at radius 3 is 2.71 bits per heavy atom. The fraction of sp³-hybridized carbons (Fsp3) is 0.462. The van der Waals surface area contributed by atoms with E-state index in [0.717, 1.165) is 12.1 Å². The second-order valence-corrected chi connectivity index (χ2v) is 3.87. The van der Waals surface area contributed by atoms with Gasteiger partial charge in [0.15, 0.2) is 0 Å². The molecule has 0 aliphatic heterocycles. The second kappa shape index (κ2) is 7.68. The number of carbonyl (C=O) groups excluding carboxylic acids is 1. The summed E-state index contributed by atoms with van der Waals surface area (Å²) in [6.07, 6.45) is 0.834. The molecule has 1 rings (SSSR count). The van der Waals surface area contributed by atoms with Gasteiger partial charge in [-0.2, -0.15) is 0 Å². The molecule has 4 nitrogen and oxygen atoms in total. The Labute approximate surface area is 102 Å². The summed E-state index contributed by atoms with van der Waals surface area (Å²) in [5, 5.41) is 6.00. The van der Waals surface area contributed by atoms with Gasteiger partial charge in [0.1, 0.15) is 6.04 Å². The third kappa shape index (κ3) is 5.36. The average molecular weight is 236 g/mol. The van der Waals surface area contributed by atoms with Crippen molar-refractivity contribution in [3.8, 4) is 0 Å². The van der Waals surface area contributed by atoms with Crippen LogP contribution >= 0.6 is 0 Å². The lowest BCUT2D eigenvalue weighted by atomic mass is 10.2. The Bertz CT molecular complexity index is 327. The molecule has 0 aliphatic rings. The van der Waals surface area contributed by atoms with Crippen molar-refractivity contribution in [3.63, 3.8) is 0 Å². The lowest BCUT2D eigenvalue weighted by Gasteiger charge is -2.15. The summed E-state index contributed by atoms with van der Waals surface area (Å²) < 4.78 is 4.91. The number of ether oxygens (including phenoxy) is 1.